The van der Waals surface area contributed by atoms with Crippen molar-refractivity contribution in [3.63, 3.8) is 0 Å². The highest BCUT2D eigenvalue weighted by Gasteiger charge is 2.47. The summed E-state index contributed by atoms with van der Waals surface area (Å²) in [6.07, 6.45) is 7.72. The van der Waals surface area contributed by atoms with Gasteiger partial charge in [0.05, 0.1) is 18.0 Å². The Morgan fingerprint density at radius 3 is 2.96 bits per heavy atom. The topological polar surface area (TPSA) is 69.8 Å². The summed E-state index contributed by atoms with van der Waals surface area (Å²) in [5.74, 6) is 1.20. The molecule has 3 fully saturated rings. The first-order valence-corrected chi connectivity index (χ1v) is 10.1. The Balaban J connectivity index is 1.51. The number of fused-ring (bicyclic) bond motifs is 5. The fourth-order valence-electron chi connectivity index (χ4n) is 5.62. The average Bonchev–Trinajstić information content (AvgIpc) is 3.16. The standard InChI is InChI=1S/C19H28N6O/c1-2-15-8-17(19-21-20-12-25(19)22-15)23-9-13-7-14(10-23)18(11-26)24-6-4-3-5-16(13)24/h8,12-14,16,18,26H,2-7,9-11H2,1H3/t13-,14+,16+,18+/m1/s1. The lowest BCUT2D eigenvalue weighted by molar-refractivity contribution is -0.0517. The van der Waals surface area contributed by atoms with E-state index in [4.69, 9.17) is 0 Å². The molecule has 3 aliphatic rings. The van der Waals surface area contributed by atoms with E-state index in [1.54, 1.807) is 6.33 Å². The van der Waals surface area contributed by atoms with Crippen LogP contribution in [0.1, 0.15) is 38.3 Å². The van der Waals surface area contributed by atoms with Gasteiger partial charge in [0.15, 0.2) is 0 Å². The smallest absolute Gasteiger partial charge is 0.200 e. The van der Waals surface area contributed by atoms with Crippen LogP contribution in [0.2, 0.25) is 0 Å². The summed E-state index contributed by atoms with van der Waals surface area (Å²) in [5, 5.41) is 23.1. The van der Waals surface area contributed by atoms with Gasteiger partial charge < -0.3 is 10.0 Å². The van der Waals surface area contributed by atoms with Crippen LogP contribution >= 0.6 is 0 Å². The molecule has 7 heteroatoms. The van der Waals surface area contributed by atoms with Crippen LogP contribution in [0, 0.1) is 11.8 Å². The van der Waals surface area contributed by atoms with Crippen LogP contribution in [-0.4, -0.2) is 68.1 Å². The predicted molar refractivity (Wildman–Crippen MR) is 99.2 cm³/mol. The van der Waals surface area contributed by atoms with E-state index >= 15 is 0 Å². The molecular weight excluding hydrogens is 328 g/mol. The van der Waals surface area contributed by atoms with Crippen molar-refractivity contribution < 1.29 is 5.11 Å². The molecule has 0 aromatic carbocycles. The highest BCUT2D eigenvalue weighted by Crippen LogP contribution is 2.42. The number of piperidine rings is 3. The number of aryl methyl sites for hydroxylation is 1. The third kappa shape index (κ3) is 2.52. The number of hydrogen-bond donors (Lipinski definition) is 1. The van der Waals surface area contributed by atoms with E-state index in [2.05, 4.69) is 38.1 Å². The molecule has 3 saturated heterocycles. The van der Waals surface area contributed by atoms with Crippen LogP contribution in [0.3, 0.4) is 0 Å². The molecule has 2 bridgehead atoms. The van der Waals surface area contributed by atoms with Gasteiger partial charge in [0.25, 0.3) is 0 Å². The zero-order chi connectivity index (χ0) is 17.7. The van der Waals surface area contributed by atoms with Gasteiger partial charge >= 0.3 is 0 Å². The third-order valence-electron chi connectivity index (χ3n) is 6.81. The number of rotatable bonds is 3. The Hall–Kier alpha value is -1.73. The van der Waals surface area contributed by atoms with Crippen molar-refractivity contribution in [1.29, 1.82) is 0 Å². The molecule has 7 nitrogen and oxygen atoms in total. The molecule has 4 atom stereocenters. The summed E-state index contributed by atoms with van der Waals surface area (Å²) in [6.45, 7) is 5.63. The number of anilines is 1. The minimum Gasteiger partial charge on any atom is -0.395 e. The molecule has 5 heterocycles. The summed E-state index contributed by atoms with van der Waals surface area (Å²) >= 11 is 0. The molecule has 0 unspecified atom stereocenters. The second kappa shape index (κ2) is 6.46. The van der Waals surface area contributed by atoms with Gasteiger partial charge in [-0.2, -0.15) is 9.61 Å². The Morgan fingerprint density at radius 2 is 2.12 bits per heavy atom. The van der Waals surface area contributed by atoms with Gasteiger partial charge in [0.2, 0.25) is 5.65 Å². The van der Waals surface area contributed by atoms with Crippen LogP contribution in [0.15, 0.2) is 12.4 Å². The predicted octanol–water partition coefficient (Wildman–Crippen LogP) is 1.36. The van der Waals surface area contributed by atoms with Crippen molar-refractivity contribution in [3.05, 3.63) is 18.1 Å². The second-order valence-corrected chi connectivity index (χ2v) is 8.19. The van der Waals surface area contributed by atoms with E-state index in [-0.39, 0.29) is 6.61 Å². The zero-order valence-electron chi connectivity index (χ0n) is 15.5. The lowest BCUT2D eigenvalue weighted by atomic mass is 9.72. The van der Waals surface area contributed by atoms with Crippen LogP contribution in [-0.2, 0) is 6.42 Å². The first-order chi connectivity index (χ1) is 12.8. The number of hydrogen-bond acceptors (Lipinski definition) is 6. The van der Waals surface area contributed by atoms with E-state index in [0.717, 1.165) is 43.1 Å². The molecule has 1 N–H and O–H groups in total. The summed E-state index contributed by atoms with van der Waals surface area (Å²) in [6, 6.07) is 3.12. The highest BCUT2D eigenvalue weighted by molar-refractivity contribution is 5.68. The normalized spacial score (nSPS) is 32.0. The quantitative estimate of drug-likeness (QED) is 0.895. The van der Waals surface area contributed by atoms with Crippen LogP contribution in [0.25, 0.3) is 5.65 Å². The van der Waals surface area contributed by atoms with Gasteiger partial charge in [-0.25, -0.2) is 0 Å². The van der Waals surface area contributed by atoms with E-state index in [1.807, 2.05) is 4.52 Å². The third-order valence-corrected chi connectivity index (χ3v) is 6.81. The molecule has 0 amide bonds. The Morgan fingerprint density at radius 1 is 1.23 bits per heavy atom. The van der Waals surface area contributed by atoms with Gasteiger partial charge in [-0.1, -0.05) is 13.3 Å². The average molecular weight is 356 g/mol. The largest absolute Gasteiger partial charge is 0.395 e. The SMILES string of the molecule is CCc1cc(N2C[C@H]3C[C@@H](C2)[C@H](CO)N2CCCC[C@@H]32)c2nncn2n1. The number of aliphatic hydroxyl groups excluding tert-OH is 1. The van der Waals surface area contributed by atoms with Crippen molar-refractivity contribution in [1.82, 2.24) is 24.7 Å². The molecule has 0 radical (unpaired) electrons. The number of aliphatic hydroxyl groups is 1. The van der Waals surface area contributed by atoms with Crippen molar-refractivity contribution >= 4 is 11.3 Å². The van der Waals surface area contributed by atoms with Crippen molar-refractivity contribution in [3.8, 4) is 0 Å². The molecule has 0 saturated carbocycles. The summed E-state index contributed by atoms with van der Waals surface area (Å²) in [4.78, 5) is 5.13. The van der Waals surface area contributed by atoms with Crippen LogP contribution in [0.4, 0.5) is 5.69 Å². The summed E-state index contributed by atoms with van der Waals surface area (Å²) in [7, 11) is 0. The van der Waals surface area contributed by atoms with Crippen molar-refractivity contribution in [2.45, 2.75) is 51.1 Å². The molecule has 2 aromatic heterocycles. The van der Waals surface area contributed by atoms with Crippen molar-refractivity contribution in [2.24, 2.45) is 11.8 Å². The van der Waals surface area contributed by atoms with Gasteiger partial charge in [0.1, 0.15) is 6.33 Å². The van der Waals surface area contributed by atoms with Gasteiger partial charge in [-0.3, -0.25) is 4.90 Å². The van der Waals surface area contributed by atoms with Crippen LogP contribution < -0.4 is 4.90 Å². The number of aromatic nitrogens is 4. The second-order valence-electron chi connectivity index (χ2n) is 8.19. The minimum atomic E-state index is 0.276. The summed E-state index contributed by atoms with van der Waals surface area (Å²) < 4.78 is 1.81. The number of nitrogens with zero attached hydrogens (tertiary/aromatic N) is 6. The fourth-order valence-corrected chi connectivity index (χ4v) is 5.62. The maximum Gasteiger partial charge on any atom is 0.200 e. The van der Waals surface area contributed by atoms with Crippen LogP contribution in [0.5, 0.6) is 0 Å². The molecule has 3 aliphatic heterocycles. The Labute approximate surface area is 154 Å². The molecule has 0 spiro atoms. The van der Waals surface area contributed by atoms with E-state index in [1.165, 1.54) is 25.7 Å². The molecule has 2 aromatic rings. The van der Waals surface area contributed by atoms with Gasteiger partial charge in [-0.05, 0) is 50.1 Å². The molecular formula is C19H28N6O. The van der Waals surface area contributed by atoms with Gasteiger partial charge in [0, 0.05) is 25.2 Å². The zero-order valence-corrected chi connectivity index (χ0v) is 15.5. The fraction of sp³-hybridized carbons (Fsp3) is 0.737. The maximum atomic E-state index is 10.1. The highest BCUT2D eigenvalue weighted by atomic mass is 16.3. The molecule has 0 aliphatic carbocycles. The minimum absolute atomic E-state index is 0.276. The Bertz CT molecular complexity index is 777. The molecule has 140 valence electrons. The van der Waals surface area contributed by atoms with Crippen molar-refractivity contribution in [2.75, 3.05) is 31.1 Å². The lowest BCUT2D eigenvalue weighted by Crippen LogP contribution is -2.64. The van der Waals surface area contributed by atoms with E-state index < -0.39 is 0 Å². The molecule has 26 heavy (non-hydrogen) atoms. The Kier molecular flexibility index (Phi) is 4.09. The lowest BCUT2D eigenvalue weighted by Gasteiger charge is -2.56. The molecule has 5 rings (SSSR count). The first kappa shape index (κ1) is 16.4. The van der Waals surface area contributed by atoms with E-state index in [9.17, 15) is 5.11 Å². The van der Waals surface area contributed by atoms with Gasteiger partial charge in [-0.15, -0.1) is 10.2 Å². The monoisotopic (exact) mass is 356 g/mol. The van der Waals surface area contributed by atoms with E-state index in [0.29, 0.717) is 23.9 Å². The maximum absolute atomic E-state index is 10.1. The first-order valence-electron chi connectivity index (χ1n) is 10.1. The summed E-state index contributed by atoms with van der Waals surface area (Å²) in [5.41, 5.74) is 3.08.